The number of thiophene rings is 1. The molecule has 0 aliphatic heterocycles. The molecule has 0 aliphatic carbocycles. The molecule has 1 nitrogen and oxygen atoms in total. The van der Waals surface area contributed by atoms with Crippen molar-refractivity contribution in [3.05, 3.63) is 22.9 Å². The van der Waals surface area contributed by atoms with Gasteiger partial charge in [0.15, 0.2) is 0 Å². The van der Waals surface area contributed by atoms with Gasteiger partial charge in [-0.2, -0.15) is 0 Å². The van der Waals surface area contributed by atoms with Crippen molar-refractivity contribution in [3.8, 4) is 0 Å². The number of allylic oxidation sites excluding steroid dienone is 1. The molecule has 0 radical (unpaired) electrons. The minimum Gasteiger partial charge on any atom is -0.398 e. The summed E-state index contributed by atoms with van der Waals surface area (Å²) in [4.78, 5) is 1.17. The first-order valence-corrected chi connectivity index (χ1v) is 5.14. The summed E-state index contributed by atoms with van der Waals surface area (Å²) in [6.07, 6.45) is 3.49. The molecule has 0 spiro atoms. The Hall–Kier alpha value is -0.760. The molecule has 0 aliphatic rings. The first kappa shape index (κ1) is 9.33. The molecule has 0 saturated carbocycles. The van der Waals surface area contributed by atoms with Crippen LogP contribution in [0.25, 0.3) is 5.57 Å². The Kier molecular flexibility index (Phi) is 3.35. The fraction of sp³-hybridized carbons (Fsp3) is 0.400. The summed E-state index contributed by atoms with van der Waals surface area (Å²) >= 11 is 1.68. The van der Waals surface area contributed by atoms with Gasteiger partial charge in [0.2, 0.25) is 0 Å². The van der Waals surface area contributed by atoms with Crippen LogP contribution in [0, 0.1) is 0 Å². The zero-order chi connectivity index (χ0) is 8.97. The molecule has 0 atom stereocenters. The Morgan fingerprint density at radius 2 is 2.42 bits per heavy atom. The van der Waals surface area contributed by atoms with E-state index in [1.165, 1.54) is 23.3 Å². The number of nitrogen functional groups attached to an aromatic ring is 1. The van der Waals surface area contributed by atoms with Crippen LogP contribution in [0.3, 0.4) is 0 Å². The van der Waals surface area contributed by atoms with Crippen molar-refractivity contribution < 1.29 is 0 Å². The van der Waals surface area contributed by atoms with Crippen molar-refractivity contribution >= 4 is 22.6 Å². The highest BCUT2D eigenvalue weighted by Crippen LogP contribution is 2.29. The highest BCUT2D eigenvalue weighted by atomic mass is 32.1. The van der Waals surface area contributed by atoms with Gasteiger partial charge in [0.25, 0.3) is 0 Å². The number of rotatable bonds is 4. The van der Waals surface area contributed by atoms with Crippen molar-refractivity contribution in [1.29, 1.82) is 0 Å². The third-order valence-corrected chi connectivity index (χ3v) is 2.88. The molecule has 1 aromatic heterocycles. The lowest BCUT2D eigenvalue weighted by molar-refractivity contribution is 0.826. The topological polar surface area (TPSA) is 26.0 Å². The summed E-state index contributed by atoms with van der Waals surface area (Å²) in [6, 6.07) is 1.94. The maximum absolute atomic E-state index is 5.76. The highest BCUT2D eigenvalue weighted by molar-refractivity contribution is 7.11. The normalized spacial score (nSPS) is 10.1. The second kappa shape index (κ2) is 4.31. The molecule has 2 N–H and O–H groups in total. The maximum Gasteiger partial charge on any atom is 0.0525 e. The van der Waals surface area contributed by atoms with Crippen LogP contribution in [0.1, 0.15) is 31.1 Å². The predicted octanol–water partition coefficient (Wildman–Crippen LogP) is 3.53. The molecule has 0 bridgehead atoms. The largest absolute Gasteiger partial charge is 0.398 e. The van der Waals surface area contributed by atoms with Gasteiger partial charge in [-0.3, -0.25) is 0 Å². The Balaban J connectivity index is 2.59. The molecular formula is C10H15NS. The lowest BCUT2D eigenvalue weighted by Gasteiger charge is -2.02. The summed E-state index contributed by atoms with van der Waals surface area (Å²) in [6.45, 7) is 6.21. The summed E-state index contributed by atoms with van der Waals surface area (Å²) < 4.78 is 0. The van der Waals surface area contributed by atoms with Crippen LogP contribution in [0.5, 0.6) is 0 Å². The molecule has 1 heterocycles. The van der Waals surface area contributed by atoms with Crippen LogP contribution in [0.15, 0.2) is 18.0 Å². The van der Waals surface area contributed by atoms with E-state index in [9.17, 15) is 0 Å². The molecular weight excluding hydrogens is 166 g/mol. The average Bonchev–Trinajstić information content (AvgIpc) is 2.47. The van der Waals surface area contributed by atoms with E-state index < -0.39 is 0 Å². The lowest BCUT2D eigenvalue weighted by Crippen LogP contribution is -1.87. The third kappa shape index (κ3) is 2.11. The van der Waals surface area contributed by atoms with E-state index >= 15 is 0 Å². The predicted molar refractivity (Wildman–Crippen MR) is 57.3 cm³/mol. The van der Waals surface area contributed by atoms with Gasteiger partial charge in [-0.15, -0.1) is 11.3 Å². The van der Waals surface area contributed by atoms with Crippen molar-refractivity contribution in [1.82, 2.24) is 0 Å². The fourth-order valence-corrected chi connectivity index (χ4v) is 1.93. The second-order valence-corrected chi connectivity index (χ2v) is 3.83. The fourth-order valence-electron chi connectivity index (χ4n) is 1.11. The summed E-state index contributed by atoms with van der Waals surface area (Å²) in [5, 5.41) is 2.02. The van der Waals surface area contributed by atoms with E-state index in [-0.39, 0.29) is 0 Å². The van der Waals surface area contributed by atoms with Crippen LogP contribution in [0.4, 0.5) is 5.69 Å². The average molecular weight is 181 g/mol. The van der Waals surface area contributed by atoms with Crippen molar-refractivity contribution in [2.75, 3.05) is 5.73 Å². The Bertz CT molecular complexity index is 263. The van der Waals surface area contributed by atoms with Crippen LogP contribution in [0.2, 0.25) is 0 Å². The summed E-state index contributed by atoms with van der Waals surface area (Å²) in [5.41, 5.74) is 7.82. The van der Waals surface area contributed by atoms with Crippen molar-refractivity contribution in [2.45, 2.75) is 26.2 Å². The zero-order valence-corrected chi connectivity index (χ0v) is 8.29. The van der Waals surface area contributed by atoms with E-state index in [4.69, 9.17) is 5.73 Å². The Morgan fingerprint density at radius 1 is 1.67 bits per heavy atom. The quantitative estimate of drug-likeness (QED) is 0.755. The van der Waals surface area contributed by atoms with Crippen LogP contribution in [-0.2, 0) is 0 Å². The smallest absolute Gasteiger partial charge is 0.0525 e. The monoisotopic (exact) mass is 181 g/mol. The molecule has 12 heavy (non-hydrogen) atoms. The van der Waals surface area contributed by atoms with Gasteiger partial charge in [-0.05, 0) is 29.9 Å². The van der Waals surface area contributed by atoms with E-state index in [0.29, 0.717) is 0 Å². The first-order chi connectivity index (χ1) is 5.75. The molecule has 0 saturated heterocycles. The SMILES string of the molecule is C=C(CCCC)c1sccc1N. The van der Waals surface area contributed by atoms with Gasteiger partial charge in [-0.1, -0.05) is 19.9 Å². The lowest BCUT2D eigenvalue weighted by atomic mass is 10.1. The Labute approximate surface area is 77.9 Å². The second-order valence-electron chi connectivity index (χ2n) is 2.91. The van der Waals surface area contributed by atoms with Crippen LogP contribution < -0.4 is 5.73 Å². The van der Waals surface area contributed by atoms with Crippen LogP contribution >= 0.6 is 11.3 Å². The molecule has 0 amide bonds. The maximum atomic E-state index is 5.76. The highest BCUT2D eigenvalue weighted by Gasteiger charge is 2.03. The van der Waals surface area contributed by atoms with Gasteiger partial charge in [0.05, 0.1) is 4.88 Å². The minimum atomic E-state index is 0.876. The third-order valence-electron chi connectivity index (χ3n) is 1.85. The molecule has 0 aromatic carbocycles. The van der Waals surface area contributed by atoms with E-state index in [1.54, 1.807) is 11.3 Å². The van der Waals surface area contributed by atoms with Gasteiger partial charge in [0, 0.05) is 5.69 Å². The molecule has 0 unspecified atom stereocenters. The summed E-state index contributed by atoms with van der Waals surface area (Å²) in [7, 11) is 0. The van der Waals surface area contributed by atoms with Gasteiger partial charge < -0.3 is 5.73 Å². The summed E-state index contributed by atoms with van der Waals surface area (Å²) in [5.74, 6) is 0. The van der Waals surface area contributed by atoms with Gasteiger partial charge >= 0.3 is 0 Å². The van der Waals surface area contributed by atoms with E-state index in [2.05, 4.69) is 13.5 Å². The number of unbranched alkanes of at least 4 members (excludes halogenated alkanes) is 1. The standard InChI is InChI=1S/C10H15NS/c1-3-4-5-8(2)10-9(11)6-7-12-10/h6-7H,2-5,11H2,1H3. The number of hydrogen-bond acceptors (Lipinski definition) is 2. The molecule has 0 fully saturated rings. The first-order valence-electron chi connectivity index (χ1n) is 4.26. The van der Waals surface area contributed by atoms with E-state index in [0.717, 1.165) is 12.1 Å². The number of nitrogens with two attached hydrogens (primary N) is 1. The van der Waals surface area contributed by atoms with Gasteiger partial charge in [0.1, 0.15) is 0 Å². The number of anilines is 1. The Morgan fingerprint density at radius 3 is 2.92 bits per heavy atom. The minimum absolute atomic E-state index is 0.876. The zero-order valence-electron chi connectivity index (χ0n) is 7.47. The van der Waals surface area contributed by atoms with Crippen molar-refractivity contribution in [3.63, 3.8) is 0 Å². The van der Waals surface area contributed by atoms with E-state index in [1.807, 2.05) is 11.4 Å². The molecule has 1 aromatic rings. The molecule has 66 valence electrons. The van der Waals surface area contributed by atoms with Crippen molar-refractivity contribution in [2.24, 2.45) is 0 Å². The van der Waals surface area contributed by atoms with Gasteiger partial charge in [-0.25, -0.2) is 0 Å². The number of hydrogen-bond donors (Lipinski definition) is 1. The van der Waals surface area contributed by atoms with Crippen LogP contribution in [-0.4, -0.2) is 0 Å². The molecule has 2 heteroatoms. The molecule has 1 rings (SSSR count).